The van der Waals surface area contributed by atoms with Crippen LogP contribution < -0.4 is 10.1 Å². The van der Waals surface area contributed by atoms with E-state index < -0.39 is 36.2 Å². The Balaban J connectivity index is 0.698. The molecule has 0 unspecified atom stereocenters. The molecular formula is C42H61F3N6O5. The lowest BCUT2D eigenvalue weighted by Crippen LogP contribution is -2.59. The van der Waals surface area contributed by atoms with Gasteiger partial charge in [0.2, 0.25) is 0 Å². The number of anilines is 1. The van der Waals surface area contributed by atoms with Gasteiger partial charge in [-0.2, -0.15) is 13.2 Å². The molecule has 2 aromatic rings. The van der Waals surface area contributed by atoms with E-state index in [4.69, 9.17) is 9.47 Å². The largest absolute Gasteiger partial charge is 0.494 e. The number of alkyl halides is 3. The number of likely N-dealkylation sites (tertiary alicyclic amines) is 1. The molecule has 0 bridgehead atoms. The van der Waals surface area contributed by atoms with Gasteiger partial charge in [0.25, 0.3) is 0 Å². The van der Waals surface area contributed by atoms with Gasteiger partial charge < -0.3 is 39.9 Å². The number of hydrogen-bond donors (Lipinski definition) is 4. The van der Waals surface area contributed by atoms with Crippen molar-refractivity contribution >= 4 is 5.82 Å². The maximum absolute atomic E-state index is 13.0. The predicted molar refractivity (Wildman–Crippen MR) is 205 cm³/mol. The number of rotatable bonds is 11. The SMILES string of the molecule is C[C@]12CC[C@@H]3c4ccc(OCCCN5CCC(CN6CCN(C[C@H]7OC[C@H](Nc8cncc(C(F)(F)F)n8)[C@@H](O)[C@H]7O)CC6)CC5)cc4CC[C@H]3[C@@H]1CC[C@@H]2O. The number of piperidine rings is 1. The Morgan fingerprint density at radius 2 is 1.68 bits per heavy atom. The summed E-state index contributed by atoms with van der Waals surface area (Å²) in [4.78, 5) is 14.5. The fraction of sp³-hybridized carbons (Fsp3) is 0.762. The molecular weight excluding hydrogens is 725 g/mol. The highest BCUT2D eigenvalue weighted by Gasteiger charge is 2.54. The van der Waals surface area contributed by atoms with Gasteiger partial charge in [0, 0.05) is 45.8 Å². The molecule has 6 aliphatic rings. The molecule has 14 heteroatoms. The molecule has 8 rings (SSSR count). The van der Waals surface area contributed by atoms with Crippen molar-refractivity contribution in [2.45, 2.75) is 107 Å². The van der Waals surface area contributed by atoms with Gasteiger partial charge in [0.1, 0.15) is 23.8 Å². The Bertz CT molecular complexity index is 1620. The molecule has 2 saturated carbocycles. The summed E-state index contributed by atoms with van der Waals surface area (Å²) < 4.78 is 51.3. The lowest BCUT2D eigenvalue weighted by atomic mass is 9.55. The molecule has 56 heavy (non-hydrogen) atoms. The van der Waals surface area contributed by atoms with Gasteiger partial charge >= 0.3 is 6.18 Å². The van der Waals surface area contributed by atoms with Crippen LogP contribution in [-0.2, 0) is 17.3 Å². The number of aliphatic hydroxyl groups excluding tert-OH is 3. The van der Waals surface area contributed by atoms with Crippen molar-refractivity contribution in [3.8, 4) is 5.75 Å². The maximum atomic E-state index is 13.0. The van der Waals surface area contributed by atoms with Crippen LogP contribution in [0.15, 0.2) is 30.6 Å². The van der Waals surface area contributed by atoms with E-state index in [-0.39, 0.29) is 23.9 Å². The lowest BCUT2D eigenvalue weighted by Gasteiger charge is -2.50. The quantitative estimate of drug-likeness (QED) is 0.242. The first kappa shape index (κ1) is 40.2. The summed E-state index contributed by atoms with van der Waals surface area (Å²) in [7, 11) is 0. The van der Waals surface area contributed by atoms with Crippen LogP contribution >= 0.6 is 0 Å². The predicted octanol–water partition coefficient (Wildman–Crippen LogP) is 4.41. The summed E-state index contributed by atoms with van der Waals surface area (Å²) in [5.74, 6) is 3.57. The zero-order chi connectivity index (χ0) is 39.0. The topological polar surface area (TPSA) is 127 Å². The molecule has 3 saturated heterocycles. The van der Waals surface area contributed by atoms with Crippen molar-refractivity contribution in [2.75, 3.05) is 77.4 Å². The normalized spacial score (nSPS) is 34.8. The van der Waals surface area contributed by atoms with Crippen molar-refractivity contribution in [1.29, 1.82) is 0 Å². The highest BCUT2D eigenvalue weighted by molar-refractivity contribution is 5.41. The number of nitrogens with zero attached hydrogens (tertiary/aromatic N) is 5. The second kappa shape index (κ2) is 16.9. The summed E-state index contributed by atoms with van der Waals surface area (Å²) in [6.07, 6.45) is 4.31. The second-order valence-electron chi connectivity index (χ2n) is 17.9. The molecule has 4 N–H and O–H groups in total. The van der Waals surface area contributed by atoms with Crippen LogP contribution in [0.1, 0.15) is 81.0 Å². The minimum atomic E-state index is -4.63. The lowest BCUT2D eigenvalue weighted by molar-refractivity contribution is -0.148. The van der Waals surface area contributed by atoms with E-state index in [2.05, 4.69) is 55.1 Å². The fourth-order valence-electron chi connectivity index (χ4n) is 11.2. The van der Waals surface area contributed by atoms with Crippen LogP contribution in [0.5, 0.6) is 5.75 Å². The van der Waals surface area contributed by atoms with Crippen LogP contribution in [0.2, 0.25) is 0 Å². The van der Waals surface area contributed by atoms with E-state index in [9.17, 15) is 28.5 Å². The van der Waals surface area contributed by atoms with Gasteiger partial charge in [0.15, 0.2) is 5.69 Å². The summed E-state index contributed by atoms with van der Waals surface area (Å²) >= 11 is 0. The van der Waals surface area contributed by atoms with Crippen molar-refractivity contribution in [1.82, 2.24) is 24.7 Å². The van der Waals surface area contributed by atoms with E-state index in [1.165, 1.54) is 37.7 Å². The molecule has 1 aromatic carbocycles. The Labute approximate surface area is 329 Å². The second-order valence-corrected chi connectivity index (χ2v) is 17.9. The molecule has 3 aliphatic carbocycles. The van der Waals surface area contributed by atoms with Gasteiger partial charge in [-0.1, -0.05) is 13.0 Å². The van der Waals surface area contributed by atoms with Crippen LogP contribution in [-0.4, -0.2) is 143 Å². The monoisotopic (exact) mass is 786 g/mol. The molecule has 5 fully saturated rings. The summed E-state index contributed by atoms with van der Waals surface area (Å²) in [6.45, 7) is 11.6. The summed E-state index contributed by atoms with van der Waals surface area (Å²) in [5.41, 5.74) is 2.01. The van der Waals surface area contributed by atoms with E-state index in [0.717, 1.165) is 96.6 Å². The standard InChI is InChI=1S/C42H61F3N6O5/c1-41-12-9-31-30-6-4-29(21-28(30)3-5-32(31)33(41)7-8-37(41)52)55-20-2-13-49-14-10-27(11-15-49)24-50-16-18-51(19-17-50)25-35-40(54)39(53)34(26-56-35)47-38-23-46-22-36(48-38)42(43,44)45/h4,6,21-23,27,31-35,37,39-40,52-54H,2-3,5,7-20,24-26H2,1H3,(H,47,48)/t31-,32-,33+,34+,35-,37+,39-,40+,41+/m1/s1. The third kappa shape index (κ3) is 8.72. The third-order valence-electron chi connectivity index (χ3n) is 14.6. The van der Waals surface area contributed by atoms with Gasteiger partial charge in [0.05, 0.1) is 43.9 Å². The number of piperazine rings is 1. The van der Waals surface area contributed by atoms with Crippen LogP contribution in [0.25, 0.3) is 0 Å². The Hall–Kier alpha value is -2.59. The summed E-state index contributed by atoms with van der Waals surface area (Å²) in [6, 6.07) is 6.04. The molecule has 11 nitrogen and oxygen atoms in total. The van der Waals surface area contributed by atoms with Crippen LogP contribution in [0.3, 0.4) is 0 Å². The highest BCUT2D eigenvalue weighted by Crippen LogP contribution is 2.61. The molecule has 3 aliphatic heterocycles. The first-order valence-corrected chi connectivity index (χ1v) is 21.2. The number of aryl methyl sites for hydroxylation is 1. The van der Waals surface area contributed by atoms with Crippen LogP contribution in [0, 0.1) is 23.2 Å². The van der Waals surface area contributed by atoms with E-state index in [1.807, 2.05) is 0 Å². The fourth-order valence-corrected chi connectivity index (χ4v) is 11.2. The zero-order valence-corrected chi connectivity index (χ0v) is 32.8. The van der Waals surface area contributed by atoms with Gasteiger partial charge in [-0.05, 0) is 123 Å². The number of benzene rings is 1. The van der Waals surface area contributed by atoms with Crippen molar-refractivity contribution in [3.05, 3.63) is 47.4 Å². The number of nitrogens with one attached hydrogen (secondary N) is 1. The number of fused-ring (bicyclic) bond motifs is 5. The van der Waals surface area contributed by atoms with Crippen molar-refractivity contribution in [2.24, 2.45) is 23.2 Å². The first-order valence-electron chi connectivity index (χ1n) is 21.2. The first-order chi connectivity index (χ1) is 26.9. The number of ether oxygens (including phenoxy) is 2. The average molecular weight is 787 g/mol. The molecule has 0 amide bonds. The van der Waals surface area contributed by atoms with Gasteiger partial charge in [-0.15, -0.1) is 0 Å². The van der Waals surface area contributed by atoms with Crippen molar-refractivity contribution in [3.63, 3.8) is 0 Å². The zero-order valence-electron chi connectivity index (χ0n) is 32.8. The minimum absolute atomic E-state index is 0.0236. The smallest absolute Gasteiger partial charge is 0.434 e. The molecule has 0 radical (unpaired) electrons. The highest BCUT2D eigenvalue weighted by atomic mass is 19.4. The Morgan fingerprint density at radius 1 is 0.911 bits per heavy atom. The molecule has 310 valence electrons. The van der Waals surface area contributed by atoms with Crippen LogP contribution in [0.4, 0.5) is 19.0 Å². The third-order valence-corrected chi connectivity index (χ3v) is 14.6. The Kier molecular flexibility index (Phi) is 12.2. The van der Waals surface area contributed by atoms with E-state index >= 15 is 0 Å². The van der Waals surface area contributed by atoms with Gasteiger partial charge in [-0.25, -0.2) is 4.98 Å². The number of halogens is 3. The van der Waals surface area contributed by atoms with E-state index in [0.29, 0.717) is 36.4 Å². The molecule has 4 heterocycles. The van der Waals surface area contributed by atoms with Gasteiger partial charge in [-0.3, -0.25) is 9.88 Å². The number of aliphatic hydroxyl groups is 3. The number of aromatic nitrogens is 2. The molecule has 9 atom stereocenters. The molecule has 1 aromatic heterocycles. The average Bonchev–Trinajstić information content (AvgIpc) is 3.50. The minimum Gasteiger partial charge on any atom is -0.494 e. The maximum Gasteiger partial charge on any atom is 0.434 e. The molecule has 0 spiro atoms. The number of hydrogen-bond acceptors (Lipinski definition) is 11. The van der Waals surface area contributed by atoms with E-state index in [1.54, 1.807) is 5.56 Å². The summed E-state index contributed by atoms with van der Waals surface area (Å²) in [5, 5.41) is 35.1. The Morgan fingerprint density at radius 3 is 2.45 bits per heavy atom. The van der Waals surface area contributed by atoms with Crippen molar-refractivity contribution < 1.29 is 38.0 Å².